The van der Waals surface area contributed by atoms with E-state index in [9.17, 15) is 23.3 Å². The van der Waals surface area contributed by atoms with E-state index in [1.807, 2.05) is 0 Å². The number of nitrogens with zero attached hydrogens (tertiary/aromatic N) is 2. The van der Waals surface area contributed by atoms with Crippen LogP contribution >= 0.6 is 15.9 Å². The SMILES string of the molecule is Cc1c(NC(=O)CN(c2cccc(Br)c2)S(=O)(=O)c2ccccc2)cccc1[N+](=O)[O-]. The summed E-state index contributed by atoms with van der Waals surface area (Å²) in [7, 11) is -4.05. The minimum atomic E-state index is -4.05. The first-order chi connectivity index (χ1) is 14.7. The second-order valence-corrected chi connectivity index (χ2v) is 9.34. The molecule has 8 nitrogen and oxygen atoms in total. The van der Waals surface area contributed by atoms with Gasteiger partial charge in [0.1, 0.15) is 6.54 Å². The third-order valence-corrected chi connectivity index (χ3v) is 6.77. The summed E-state index contributed by atoms with van der Waals surface area (Å²) in [5, 5.41) is 13.7. The lowest BCUT2D eigenvalue weighted by molar-refractivity contribution is -0.385. The first-order valence-electron chi connectivity index (χ1n) is 9.07. The Morgan fingerprint density at radius 2 is 1.74 bits per heavy atom. The highest BCUT2D eigenvalue weighted by Gasteiger charge is 2.27. The van der Waals surface area contributed by atoms with Crippen molar-refractivity contribution in [3.63, 3.8) is 0 Å². The van der Waals surface area contributed by atoms with E-state index in [0.29, 0.717) is 10.2 Å². The molecule has 3 aromatic rings. The Bertz CT molecular complexity index is 1230. The minimum Gasteiger partial charge on any atom is -0.324 e. The van der Waals surface area contributed by atoms with Gasteiger partial charge in [-0.3, -0.25) is 19.2 Å². The van der Waals surface area contributed by atoms with Crippen molar-refractivity contribution < 1.29 is 18.1 Å². The van der Waals surface area contributed by atoms with Gasteiger partial charge in [-0.2, -0.15) is 0 Å². The highest BCUT2D eigenvalue weighted by atomic mass is 79.9. The average Bonchev–Trinajstić information content (AvgIpc) is 2.74. The van der Waals surface area contributed by atoms with E-state index in [2.05, 4.69) is 21.2 Å². The monoisotopic (exact) mass is 503 g/mol. The van der Waals surface area contributed by atoms with Gasteiger partial charge >= 0.3 is 0 Å². The summed E-state index contributed by atoms with van der Waals surface area (Å²) in [6.45, 7) is 0.996. The van der Waals surface area contributed by atoms with Crippen molar-refractivity contribution in [2.24, 2.45) is 0 Å². The molecule has 3 rings (SSSR count). The van der Waals surface area contributed by atoms with E-state index in [-0.39, 0.29) is 21.8 Å². The van der Waals surface area contributed by atoms with Crippen LogP contribution in [-0.2, 0) is 14.8 Å². The molecule has 1 amide bonds. The number of nitro benzene ring substituents is 1. The van der Waals surface area contributed by atoms with Gasteiger partial charge in [0, 0.05) is 10.5 Å². The molecule has 0 spiro atoms. The first kappa shape index (κ1) is 22.4. The zero-order chi connectivity index (χ0) is 22.6. The van der Waals surface area contributed by atoms with E-state index in [4.69, 9.17) is 0 Å². The Hall–Kier alpha value is -3.24. The zero-order valence-electron chi connectivity index (χ0n) is 16.4. The van der Waals surface area contributed by atoms with Crippen LogP contribution in [0.3, 0.4) is 0 Å². The van der Waals surface area contributed by atoms with Crippen LogP contribution in [0.15, 0.2) is 82.2 Å². The Morgan fingerprint density at radius 3 is 2.39 bits per heavy atom. The molecule has 0 saturated heterocycles. The summed E-state index contributed by atoms with van der Waals surface area (Å²) >= 11 is 3.32. The lowest BCUT2D eigenvalue weighted by Gasteiger charge is -2.24. The molecule has 0 aliphatic rings. The van der Waals surface area contributed by atoms with Crippen molar-refractivity contribution in [3.8, 4) is 0 Å². The fourth-order valence-corrected chi connectivity index (χ4v) is 4.76. The molecule has 0 radical (unpaired) electrons. The Morgan fingerprint density at radius 1 is 1.06 bits per heavy atom. The summed E-state index contributed by atoms with van der Waals surface area (Å²) in [5.41, 5.74) is 0.675. The van der Waals surface area contributed by atoms with Crippen LogP contribution in [0.25, 0.3) is 0 Å². The Labute approximate surface area is 187 Å². The van der Waals surface area contributed by atoms with Gasteiger partial charge in [0.25, 0.3) is 15.7 Å². The predicted octanol–water partition coefficient (Wildman–Crippen LogP) is 4.50. The fraction of sp³-hybridized carbons (Fsp3) is 0.0952. The molecule has 0 unspecified atom stereocenters. The summed E-state index contributed by atoms with van der Waals surface area (Å²) in [6.07, 6.45) is 0. The minimum absolute atomic E-state index is 0.0364. The molecular weight excluding hydrogens is 486 g/mol. The number of hydrogen-bond acceptors (Lipinski definition) is 5. The standard InChI is InChI=1S/C21H18BrN3O5S/c1-15-19(11-6-12-20(15)25(27)28)23-21(26)14-24(17-8-5-7-16(22)13-17)31(29,30)18-9-3-2-4-10-18/h2-13H,14H2,1H3,(H,23,26). The van der Waals surface area contributed by atoms with E-state index in [1.54, 1.807) is 42.5 Å². The molecule has 0 fully saturated rings. The molecule has 0 aliphatic carbocycles. The molecule has 1 N–H and O–H groups in total. The van der Waals surface area contributed by atoms with Gasteiger partial charge in [0.15, 0.2) is 0 Å². The maximum absolute atomic E-state index is 13.3. The molecule has 0 heterocycles. The predicted molar refractivity (Wildman–Crippen MR) is 122 cm³/mol. The molecule has 0 aromatic heterocycles. The number of sulfonamides is 1. The van der Waals surface area contributed by atoms with Gasteiger partial charge in [-0.25, -0.2) is 8.42 Å². The number of rotatable bonds is 7. The smallest absolute Gasteiger partial charge is 0.274 e. The van der Waals surface area contributed by atoms with Crippen molar-refractivity contribution >= 4 is 48.9 Å². The van der Waals surface area contributed by atoms with Crippen molar-refractivity contribution in [2.45, 2.75) is 11.8 Å². The van der Waals surface area contributed by atoms with Crippen LogP contribution in [0.2, 0.25) is 0 Å². The maximum atomic E-state index is 13.3. The number of nitrogens with one attached hydrogen (secondary N) is 1. The first-order valence-corrected chi connectivity index (χ1v) is 11.3. The van der Waals surface area contributed by atoms with Gasteiger partial charge < -0.3 is 5.32 Å². The number of anilines is 2. The summed E-state index contributed by atoms with van der Waals surface area (Å²) in [6, 6.07) is 18.7. The number of hydrogen-bond donors (Lipinski definition) is 1. The highest BCUT2D eigenvalue weighted by Crippen LogP contribution is 2.28. The van der Waals surface area contributed by atoms with Crippen LogP contribution in [0, 0.1) is 17.0 Å². The number of benzene rings is 3. The lowest BCUT2D eigenvalue weighted by Crippen LogP contribution is -2.38. The normalized spacial score (nSPS) is 11.0. The van der Waals surface area contributed by atoms with Gasteiger partial charge in [0.05, 0.1) is 26.8 Å². The number of nitro groups is 1. The maximum Gasteiger partial charge on any atom is 0.274 e. The second kappa shape index (κ2) is 9.27. The summed E-state index contributed by atoms with van der Waals surface area (Å²) < 4.78 is 28.2. The van der Waals surface area contributed by atoms with E-state index in [1.165, 1.54) is 37.3 Å². The van der Waals surface area contributed by atoms with Crippen molar-refractivity contribution in [1.82, 2.24) is 0 Å². The van der Waals surface area contributed by atoms with E-state index in [0.717, 1.165) is 4.31 Å². The lowest BCUT2D eigenvalue weighted by atomic mass is 10.1. The fourth-order valence-electron chi connectivity index (χ4n) is 2.94. The number of halogens is 1. The average molecular weight is 504 g/mol. The summed E-state index contributed by atoms with van der Waals surface area (Å²) in [4.78, 5) is 23.4. The molecule has 31 heavy (non-hydrogen) atoms. The highest BCUT2D eigenvalue weighted by molar-refractivity contribution is 9.10. The molecule has 3 aromatic carbocycles. The quantitative estimate of drug-likeness (QED) is 0.377. The molecular formula is C21H18BrN3O5S. The van der Waals surface area contributed by atoms with Crippen molar-refractivity contribution in [3.05, 3.63) is 92.9 Å². The van der Waals surface area contributed by atoms with Gasteiger partial charge in [-0.05, 0) is 43.3 Å². The number of carbonyl (C=O) groups is 1. The van der Waals surface area contributed by atoms with Crippen molar-refractivity contribution in [2.75, 3.05) is 16.2 Å². The summed E-state index contributed by atoms with van der Waals surface area (Å²) in [5.74, 6) is -0.636. The van der Waals surface area contributed by atoms with Gasteiger partial charge in [-0.15, -0.1) is 0 Å². The molecule has 0 bridgehead atoms. The van der Waals surface area contributed by atoms with Crippen LogP contribution < -0.4 is 9.62 Å². The Kier molecular flexibility index (Phi) is 6.71. The van der Waals surface area contributed by atoms with Crippen LogP contribution in [0.4, 0.5) is 17.1 Å². The number of carbonyl (C=O) groups excluding carboxylic acids is 1. The topological polar surface area (TPSA) is 110 Å². The van der Waals surface area contributed by atoms with Crippen LogP contribution in [0.1, 0.15) is 5.56 Å². The second-order valence-electron chi connectivity index (χ2n) is 6.56. The molecule has 0 aliphatic heterocycles. The van der Waals surface area contributed by atoms with Crippen LogP contribution in [0.5, 0.6) is 0 Å². The van der Waals surface area contributed by atoms with Gasteiger partial charge in [0.2, 0.25) is 5.91 Å². The third-order valence-electron chi connectivity index (χ3n) is 4.49. The molecule has 0 atom stereocenters. The number of amides is 1. The zero-order valence-corrected chi connectivity index (χ0v) is 18.8. The third kappa shape index (κ3) is 5.09. The molecule has 10 heteroatoms. The van der Waals surface area contributed by atoms with Gasteiger partial charge in [-0.1, -0.05) is 46.3 Å². The molecule has 160 valence electrons. The molecule has 0 saturated carbocycles. The van der Waals surface area contributed by atoms with Crippen molar-refractivity contribution in [1.29, 1.82) is 0 Å². The van der Waals surface area contributed by atoms with Crippen LogP contribution in [-0.4, -0.2) is 25.8 Å². The van der Waals surface area contributed by atoms with E-state index >= 15 is 0 Å². The van der Waals surface area contributed by atoms with E-state index < -0.39 is 27.4 Å². The largest absolute Gasteiger partial charge is 0.324 e. The Balaban J connectivity index is 1.95.